The maximum absolute atomic E-state index is 11.9. The van der Waals surface area contributed by atoms with E-state index in [0.717, 1.165) is 0 Å². The number of hydrogen-bond acceptors (Lipinski definition) is 4. The Bertz CT molecular complexity index is 690. The number of nitrogen functional groups attached to an aromatic ring is 1. The minimum absolute atomic E-state index is 0.121. The van der Waals surface area contributed by atoms with Gasteiger partial charge in [0.15, 0.2) is 0 Å². The number of carbonyl (C=O) groups is 2. The summed E-state index contributed by atoms with van der Waals surface area (Å²) in [5.41, 5.74) is 11.5. The van der Waals surface area contributed by atoms with Gasteiger partial charge in [0.05, 0.1) is 27.5 Å². The molecule has 1 aromatic heterocycles. The van der Waals surface area contributed by atoms with Crippen molar-refractivity contribution in [1.29, 1.82) is 0 Å². The van der Waals surface area contributed by atoms with Crippen molar-refractivity contribution in [2.45, 2.75) is 6.54 Å². The lowest BCUT2D eigenvalue weighted by Gasteiger charge is -2.10. The van der Waals surface area contributed by atoms with Crippen LogP contribution in [0.15, 0.2) is 24.5 Å². The van der Waals surface area contributed by atoms with Gasteiger partial charge in [0.2, 0.25) is 5.91 Å². The Morgan fingerprint density at radius 2 is 1.90 bits per heavy atom. The fraction of sp³-hybridized carbons (Fsp3) is 0.0833. The van der Waals surface area contributed by atoms with Crippen molar-refractivity contribution in [3.8, 4) is 0 Å². The number of benzene rings is 1. The van der Waals surface area contributed by atoms with Crippen LogP contribution in [0.2, 0.25) is 10.0 Å². The van der Waals surface area contributed by atoms with E-state index in [1.54, 1.807) is 0 Å². The summed E-state index contributed by atoms with van der Waals surface area (Å²) in [5.74, 6) is -1.03. The molecule has 110 valence electrons. The van der Waals surface area contributed by atoms with Crippen molar-refractivity contribution in [3.63, 3.8) is 0 Å². The van der Waals surface area contributed by atoms with Crippen molar-refractivity contribution in [2.75, 3.05) is 11.1 Å². The van der Waals surface area contributed by atoms with Crippen LogP contribution in [0.3, 0.4) is 0 Å². The molecule has 0 aliphatic heterocycles. The number of rotatable bonds is 4. The van der Waals surface area contributed by atoms with Gasteiger partial charge >= 0.3 is 0 Å². The van der Waals surface area contributed by atoms with Crippen LogP contribution in [0, 0.1) is 0 Å². The predicted octanol–water partition coefficient (Wildman–Crippen LogP) is 1.51. The van der Waals surface area contributed by atoms with E-state index in [1.165, 1.54) is 29.2 Å². The van der Waals surface area contributed by atoms with E-state index in [2.05, 4.69) is 10.4 Å². The topological polar surface area (TPSA) is 116 Å². The first-order valence-electron chi connectivity index (χ1n) is 5.73. The molecule has 5 N–H and O–H groups in total. The number of primary amides is 1. The smallest absolute Gasteiger partial charge is 0.251 e. The van der Waals surface area contributed by atoms with Gasteiger partial charge in [-0.25, -0.2) is 0 Å². The van der Waals surface area contributed by atoms with Crippen LogP contribution in [0.5, 0.6) is 0 Å². The second-order valence-corrected chi connectivity index (χ2v) is 5.01. The molecule has 0 bridgehead atoms. The summed E-state index contributed by atoms with van der Waals surface area (Å²) in [6.07, 6.45) is 2.65. The average molecular weight is 328 g/mol. The van der Waals surface area contributed by atoms with E-state index in [4.69, 9.17) is 34.7 Å². The van der Waals surface area contributed by atoms with Gasteiger partial charge in [-0.3, -0.25) is 14.3 Å². The third-order valence-electron chi connectivity index (χ3n) is 2.55. The molecule has 0 saturated heterocycles. The van der Waals surface area contributed by atoms with Crippen molar-refractivity contribution >= 4 is 46.4 Å². The lowest BCUT2D eigenvalue weighted by atomic mass is 10.3. The van der Waals surface area contributed by atoms with Gasteiger partial charge in [0.1, 0.15) is 6.54 Å². The molecule has 0 unspecified atom stereocenters. The molecule has 0 aliphatic rings. The summed E-state index contributed by atoms with van der Waals surface area (Å²) in [7, 11) is 0. The lowest BCUT2D eigenvalue weighted by Crippen LogP contribution is -2.19. The molecule has 1 aromatic carbocycles. The molecule has 0 spiro atoms. The van der Waals surface area contributed by atoms with Crippen LogP contribution in [0.1, 0.15) is 10.4 Å². The van der Waals surface area contributed by atoms with Crippen LogP contribution in [-0.4, -0.2) is 21.6 Å². The van der Waals surface area contributed by atoms with Crippen molar-refractivity contribution in [2.24, 2.45) is 5.73 Å². The Hall–Kier alpha value is -2.25. The van der Waals surface area contributed by atoms with Crippen molar-refractivity contribution in [1.82, 2.24) is 9.78 Å². The quantitative estimate of drug-likeness (QED) is 0.738. The number of nitrogens with zero attached hydrogens (tertiary/aromatic N) is 2. The van der Waals surface area contributed by atoms with Crippen LogP contribution >= 0.6 is 23.2 Å². The minimum Gasteiger partial charge on any atom is -0.399 e. The Morgan fingerprint density at radius 1 is 1.29 bits per heavy atom. The third kappa shape index (κ3) is 3.65. The number of nitrogens with one attached hydrogen (secondary N) is 1. The number of hydrogen-bond donors (Lipinski definition) is 3. The number of carbonyl (C=O) groups excluding carboxylic acids is 2. The predicted molar refractivity (Wildman–Crippen MR) is 80.2 cm³/mol. The van der Waals surface area contributed by atoms with Gasteiger partial charge in [-0.1, -0.05) is 23.2 Å². The van der Waals surface area contributed by atoms with Gasteiger partial charge in [0.25, 0.3) is 5.91 Å². The Balaban J connectivity index is 2.10. The highest BCUT2D eigenvalue weighted by Crippen LogP contribution is 2.32. The first-order valence-corrected chi connectivity index (χ1v) is 6.49. The van der Waals surface area contributed by atoms with Crippen molar-refractivity contribution < 1.29 is 9.59 Å². The summed E-state index contributed by atoms with van der Waals surface area (Å²) >= 11 is 11.9. The number of nitrogens with two attached hydrogens (primary N) is 2. The first kappa shape index (κ1) is 15.1. The zero-order valence-electron chi connectivity index (χ0n) is 10.6. The molecule has 2 rings (SSSR count). The molecule has 1 heterocycles. The molecular weight excluding hydrogens is 317 g/mol. The number of halogens is 2. The Labute approximate surface area is 129 Å². The highest BCUT2D eigenvalue weighted by molar-refractivity contribution is 6.40. The monoisotopic (exact) mass is 327 g/mol. The number of anilines is 2. The molecule has 0 fully saturated rings. The highest BCUT2D eigenvalue weighted by atomic mass is 35.5. The summed E-state index contributed by atoms with van der Waals surface area (Å²) in [6, 6.07) is 2.95. The van der Waals surface area contributed by atoms with Crippen LogP contribution in [0.4, 0.5) is 11.4 Å². The standard InChI is InChI=1S/C12H11Cl2N5O2/c13-8-1-7(15)2-9(14)11(8)18-10(20)5-19-4-6(3-17-19)12(16)21/h1-4H,5,15H2,(H2,16,21)(H,18,20). The Kier molecular flexibility index (Phi) is 4.35. The first-order chi connectivity index (χ1) is 9.86. The Morgan fingerprint density at radius 3 is 2.43 bits per heavy atom. The second-order valence-electron chi connectivity index (χ2n) is 4.20. The van der Waals surface area contributed by atoms with Gasteiger partial charge in [0, 0.05) is 11.9 Å². The van der Waals surface area contributed by atoms with Crippen LogP contribution in [0.25, 0.3) is 0 Å². The van der Waals surface area contributed by atoms with Gasteiger partial charge < -0.3 is 16.8 Å². The molecule has 0 saturated carbocycles. The SMILES string of the molecule is NC(=O)c1cnn(CC(=O)Nc2c(Cl)cc(N)cc2Cl)c1. The maximum Gasteiger partial charge on any atom is 0.251 e. The zero-order valence-corrected chi connectivity index (χ0v) is 12.1. The number of amides is 2. The largest absolute Gasteiger partial charge is 0.399 e. The normalized spacial score (nSPS) is 10.4. The van der Waals surface area contributed by atoms with E-state index < -0.39 is 11.8 Å². The van der Waals surface area contributed by atoms with Gasteiger partial charge in [-0.05, 0) is 12.1 Å². The average Bonchev–Trinajstić information content (AvgIpc) is 2.82. The van der Waals surface area contributed by atoms with Crippen LogP contribution < -0.4 is 16.8 Å². The molecule has 9 heteroatoms. The molecule has 2 aromatic rings. The highest BCUT2D eigenvalue weighted by Gasteiger charge is 2.12. The summed E-state index contributed by atoms with van der Waals surface area (Å²) in [5, 5.41) is 6.86. The second kappa shape index (κ2) is 6.02. The summed E-state index contributed by atoms with van der Waals surface area (Å²) < 4.78 is 1.27. The van der Waals surface area contributed by atoms with E-state index in [0.29, 0.717) is 5.69 Å². The molecule has 7 nitrogen and oxygen atoms in total. The van der Waals surface area contributed by atoms with Crippen LogP contribution in [-0.2, 0) is 11.3 Å². The maximum atomic E-state index is 11.9. The van der Waals surface area contributed by atoms with E-state index in [9.17, 15) is 9.59 Å². The molecular formula is C12H11Cl2N5O2. The molecule has 21 heavy (non-hydrogen) atoms. The molecule has 2 amide bonds. The van der Waals surface area contributed by atoms with Gasteiger partial charge in [-0.15, -0.1) is 0 Å². The summed E-state index contributed by atoms with van der Waals surface area (Å²) in [4.78, 5) is 22.8. The third-order valence-corrected chi connectivity index (χ3v) is 3.15. The summed E-state index contributed by atoms with van der Waals surface area (Å²) in [6.45, 7) is -0.121. The van der Waals surface area contributed by atoms with E-state index in [1.807, 2.05) is 0 Å². The lowest BCUT2D eigenvalue weighted by molar-refractivity contribution is -0.116. The van der Waals surface area contributed by atoms with Gasteiger partial charge in [-0.2, -0.15) is 5.10 Å². The fourth-order valence-electron chi connectivity index (χ4n) is 1.62. The fourth-order valence-corrected chi connectivity index (χ4v) is 2.21. The van der Waals surface area contributed by atoms with E-state index >= 15 is 0 Å². The molecule has 0 radical (unpaired) electrons. The molecule has 0 aliphatic carbocycles. The van der Waals surface area contributed by atoms with E-state index in [-0.39, 0.29) is 27.8 Å². The number of aromatic nitrogens is 2. The minimum atomic E-state index is -0.619. The molecule has 0 atom stereocenters. The van der Waals surface area contributed by atoms with Crippen molar-refractivity contribution in [3.05, 3.63) is 40.1 Å². The zero-order chi connectivity index (χ0) is 15.6.